The molecule has 2 aromatic carbocycles. The van der Waals surface area contributed by atoms with E-state index in [9.17, 15) is 5.11 Å². The molecule has 0 spiro atoms. The molecule has 7 nitrogen and oxygen atoms in total. The van der Waals surface area contributed by atoms with Crippen LogP contribution in [0.25, 0.3) is 11.4 Å². The molecule has 27 heavy (non-hydrogen) atoms. The summed E-state index contributed by atoms with van der Waals surface area (Å²) in [6, 6.07) is 15.4. The smallest absolute Gasteiger partial charge is 0.228 e. The first-order chi connectivity index (χ1) is 13.2. The minimum atomic E-state index is -0.0974. The van der Waals surface area contributed by atoms with Gasteiger partial charge in [-0.25, -0.2) is 0 Å². The number of anilines is 2. The lowest BCUT2D eigenvalue weighted by molar-refractivity contribution is 0.282. The van der Waals surface area contributed by atoms with E-state index in [2.05, 4.69) is 20.3 Å². The molecule has 0 radical (unpaired) electrons. The number of nitrogen functional groups attached to an aromatic ring is 1. The van der Waals surface area contributed by atoms with Crippen LogP contribution >= 0.6 is 0 Å². The molecule has 0 amide bonds. The number of rotatable bonds is 7. The average Bonchev–Trinajstić information content (AvgIpc) is 3.51. The van der Waals surface area contributed by atoms with Gasteiger partial charge in [-0.05, 0) is 36.1 Å². The van der Waals surface area contributed by atoms with E-state index in [1.165, 1.54) is 0 Å². The Balaban J connectivity index is 1.48. The largest absolute Gasteiger partial charge is 0.490 e. The lowest BCUT2D eigenvalue weighted by Crippen LogP contribution is -2.08. The van der Waals surface area contributed by atoms with Crippen molar-refractivity contribution in [3.05, 3.63) is 59.7 Å². The molecule has 7 heteroatoms. The standard InChI is InChI=1S/C20H21N5O2/c21-19-23-18(17-4-2-1-3-14(17)12-26)24-20(25-19)22-11-13-5-7-15(8-6-13)27-16-9-10-16/h1-8,16,26H,9-12H2,(H3,21,22,23,24,25). The van der Waals surface area contributed by atoms with Crippen LogP contribution in [0.2, 0.25) is 0 Å². The highest BCUT2D eigenvalue weighted by Crippen LogP contribution is 2.27. The molecule has 1 fully saturated rings. The lowest BCUT2D eigenvalue weighted by Gasteiger charge is -2.10. The van der Waals surface area contributed by atoms with E-state index >= 15 is 0 Å². The Morgan fingerprint density at radius 1 is 1.04 bits per heavy atom. The topological polar surface area (TPSA) is 106 Å². The van der Waals surface area contributed by atoms with Crippen LogP contribution in [0, 0.1) is 0 Å². The summed E-state index contributed by atoms with van der Waals surface area (Å²) >= 11 is 0. The summed E-state index contributed by atoms with van der Waals surface area (Å²) in [4.78, 5) is 12.8. The van der Waals surface area contributed by atoms with E-state index in [4.69, 9.17) is 10.5 Å². The van der Waals surface area contributed by atoms with Crippen molar-refractivity contribution in [1.29, 1.82) is 0 Å². The van der Waals surface area contributed by atoms with E-state index in [-0.39, 0.29) is 12.6 Å². The van der Waals surface area contributed by atoms with Gasteiger partial charge in [-0.3, -0.25) is 0 Å². The third kappa shape index (κ3) is 4.32. The predicted molar refractivity (Wildman–Crippen MR) is 103 cm³/mol. The van der Waals surface area contributed by atoms with Gasteiger partial charge in [0.15, 0.2) is 5.82 Å². The van der Waals surface area contributed by atoms with Gasteiger partial charge in [0.25, 0.3) is 0 Å². The minimum absolute atomic E-state index is 0.0974. The summed E-state index contributed by atoms with van der Waals surface area (Å²) in [6.45, 7) is 0.452. The summed E-state index contributed by atoms with van der Waals surface area (Å²) in [5.41, 5.74) is 8.40. The van der Waals surface area contributed by atoms with Crippen LogP contribution in [-0.4, -0.2) is 26.2 Å². The maximum Gasteiger partial charge on any atom is 0.228 e. The van der Waals surface area contributed by atoms with Crippen molar-refractivity contribution in [2.45, 2.75) is 32.1 Å². The van der Waals surface area contributed by atoms with Crippen molar-refractivity contribution >= 4 is 11.9 Å². The van der Waals surface area contributed by atoms with Crippen molar-refractivity contribution < 1.29 is 9.84 Å². The Bertz CT molecular complexity index is 926. The van der Waals surface area contributed by atoms with E-state index in [1.807, 2.05) is 48.5 Å². The van der Waals surface area contributed by atoms with E-state index in [1.54, 1.807) is 0 Å². The maximum atomic E-state index is 9.52. The van der Waals surface area contributed by atoms with Gasteiger partial charge in [-0.2, -0.15) is 15.0 Å². The van der Waals surface area contributed by atoms with Gasteiger partial charge in [-0.15, -0.1) is 0 Å². The van der Waals surface area contributed by atoms with Gasteiger partial charge < -0.3 is 20.9 Å². The number of nitrogens with one attached hydrogen (secondary N) is 1. The molecule has 1 saturated carbocycles. The zero-order chi connectivity index (χ0) is 18.6. The molecule has 3 aromatic rings. The molecule has 1 aliphatic carbocycles. The van der Waals surface area contributed by atoms with Crippen molar-refractivity contribution in [1.82, 2.24) is 15.0 Å². The van der Waals surface area contributed by atoms with Crippen molar-refractivity contribution in [3.63, 3.8) is 0 Å². The fourth-order valence-corrected chi connectivity index (χ4v) is 2.71. The van der Waals surface area contributed by atoms with Gasteiger partial charge in [0.2, 0.25) is 11.9 Å². The molecule has 0 bridgehead atoms. The first-order valence-electron chi connectivity index (χ1n) is 8.91. The number of nitrogens with zero attached hydrogens (tertiary/aromatic N) is 3. The maximum absolute atomic E-state index is 9.52. The zero-order valence-electron chi connectivity index (χ0n) is 14.8. The SMILES string of the molecule is Nc1nc(NCc2ccc(OC3CC3)cc2)nc(-c2ccccc2CO)n1. The summed E-state index contributed by atoms with van der Waals surface area (Å²) in [7, 11) is 0. The normalized spacial score (nSPS) is 13.4. The molecule has 4 rings (SSSR count). The first kappa shape index (κ1) is 17.2. The Kier molecular flexibility index (Phi) is 4.84. The highest BCUT2D eigenvalue weighted by atomic mass is 16.5. The van der Waals surface area contributed by atoms with Crippen molar-refractivity contribution in [3.8, 4) is 17.1 Å². The van der Waals surface area contributed by atoms with E-state index < -0.39 is 0 Å². The van der Waals surface area contributed by atoms with Crippen LogP contribution in [0.5, 0.6) is 5.75 Å². The van der Waals surface area contributed by atoms with Gasteiger partial charge in [0.1, 0.15) is 5.75 Å². The lowest BCUT2D eigenvalue weighted by atomic mass is 10.1. The molecule has 1 aromatic heterocycles. The van der Waals surface area contributed by atoms with Crippen molar-refractivity contribution in [2.24, 2.45) is 0 Å². The Hall–Kier alpha value is -3.19. The molecule has 1 heterocycles. The number of aliphatic hydroxyl groups is 1. The predicted octanol–water partition coefficient (Wildman–Crippen LogP) is 2.77. The third-order valence-corrected chi connectivity index (χ3v) is 4.28. The number of ether oxygens (including phenoxy) is 1. The number of nitrogens with two attached hydrogens (primary N) is 1. The van der Waals surface area contributed by atoms with Crippen molar-refractivity contribution in [2.75, 3.05) is 11.1 Å². The number of hydrogen-bond donors (Lipinski definition) is 3. The highest BCUT2D eigenvalue weighted by Gasteiger charge is 2.23. The number of aromatic nitrogens is 3. The second kappa shape index (κ2) is 7.59. The van der Waals surface area contributed by atoms with Gasteiger partial charge in [0, 0.05) is 12.1 Å². The second-order valence-corrected chi connectivity index (χ2v) is 6.47. The van der Waals surface area contributed by atoms with Crippen LogP contribution in [0.1, 0.15) is 24.0 Å². The van der Waals surface area contributed by atoms with Crippen LogP contribution in [0.4, 0.5) is 11.9 Å². The number of aliphatic hydroxyl groups excluding tert-OH is 1. The second-order valence-electron chi connectivity index (χ2n) is 6.47. The molecular weight excluding hydrogens is 342 g/mol. The van der Waals surface area contributed by atoms with Gasteiger partial charge in [0.05, 0.1) is 12.7 Å². The van der Waals surface area contributed by atoms with Gasteiger partial charge in [-0.1, -0.05) is 36.4 Å². The molecule has 4 N–H and O–H groups in total. The van der Waals surface area contributed by atoms with Crippen LogP contribution < -0.4 is 15.8 Å². The fourth-order valence-electron chi connectivity index (χ4n) is 2.71. The van der Waals surface area contributed by atoms with Crippen LogP contribution in [0.15, 0.2) is 48.5 Å². The minimum Gasteiger partial charge on any atom is -0.490 e. The van der Waals surface area contributed by atoms with E-state index in [0.29, 0.717) is 24.4 Å². The average molecular weight is 363 g/mol. The summed E-state index contributed by atoms with van der Waals surface area (Å²) in [5.74, 6) is 1.85. The Morgan fingerprint density at radius 3 is 2.56 bits per heavy atom. The Labute approximate surface area is 157 Å². The molecule has 0 unspecified atom stereocenters. The molecule has 1 aliphatic rings. The third-order valence-electron chi connectivity index (χ3n) is 4.28. The molecular formula is C20H21N5O2. The highest BCUT2D eigenvalue weighted by molar-refractivity contribution is 5.62. The van der Waals surface area contributed by atoms with Crippen LogP contribution in [0.3, 0.4) is 0 Å². The van der Waals surface area contributed by atoms with Gasteiger partial charge >= 0.3 is 0 Å². The summed E-state index contributed by atoms with van der Waals surface area (Å²) < 4.78 is 5.76. The van der Waals surface area contributed by atoms with Crippen LogP contribution in [-0.2, 0) is 13.2 Å². The summed E-state index contributed by atoms with van der Waals surface area (Å²) in [6.07, 6.45) is 2.68. The summed E-state index contributed by atoms with van der Waals surface area (Å²) in [5, 5.41) is 12.7. The molecule has 138 valence electrons. The fraction of sp³-hybridized carbons (Fsp3) is 0.250. The molecule has 0 atom stereocenters. The monoisotopic (exact) mass is 363 g/mol. The molecule has 0 aliphatic heterocycles. The number of benzene rings is 2. The quantitative estimate of drug-likeness (QED) is 0.592. The Morgan fingerprint density at radius 2 is 1.81 bits per heavy atom. The van der Waals surface area contributed by atoms with E-state index in [0.717, 1.165) is 35.3 Å². The number of hydrogen-bond acceptors (Lipinski definition) is 7. The first-order valence-corrected chi connectivity index (χ1v) is 8.91. The zero-order valence-corrected chi connectivity index (χ0v) is 14.8. The molecule has 0 saturated heterocycles.